The zero-order chi connectivity index (χ0) is 17.3. The van der Waals surface area contributed by atoms with Crippen molar-refractivity contribution in [3.63, 3.8) is 0 Å². The Morgan fingerprint density at radius 2 is 2.00 bits per heavy atom. The number of hydrogen-bond donors (Lipinski definition) is 1. The fourth-order valence-electron chi connectivity index (χ4n) is 4.12. The largest absolute Gasteiger partial charge is 0.480 e. The second kappa shape index (κ2) is 6.82. The molecule has 1 N–H and O–H groups in total. The van der Waals surface area contributed by atoms with Crippen LogP contribution in [0, 0.1) is 5.92 Å². The van der Waals surface area contributed by atoms with Gasteiger partial charge in [0.2, 0.25) is 10.0 Å². The third-order valence-corrected chi connectivity index (χ3v) is 7.18. The summed E-state index contributed by atoms with van der Waals surface area (Å²) in [5, 5.41) is 9.58. The number of ether oxygens (including phenoxy) is 1. The van der Waals surface area contributed by atoms with E-state index < -0.39 is 22.0 Å². The molecule has 0 radical (unpaired) electrons. The van der Waals surface area contributed by atoms with Crippen LogP contribution in [-0.2, 0) is 26.2 Å². The Morgan fingerprint density at radius 1 is 1.29 bits per heavy atom. The van der Waals surface area contributed by atoms with Crippen molar-refractivity contribution in [1.29, 1.82) is 0 Å². The quantitative estimate of drug-likeness (QED) is 0.878. The lowest BCUT2D eigenvalue weighted by atomic mass is 9.85. The summed E-state index contributed by atoms with van der Waals surface area (Å²) in [6, 6.07) is 5.49. The molecule has 0 amide bonds. The van der Waals surface area contributed by atoms with E-state index in [9.17, 15) is 18.3 Å². The van der Waals surface area contributed by atoms with E-state index in [1.807, 2.05) is 0 Å². The molecule has 6 nitrogen and oxygen atoms in total. The highest BCUT2D eigenvalue weighted by Gasteiger charge is 2.51. The fourth-order valence-corrected chi connectivity index (χ4v) is 6.20. The Bertz CT molecular complexity index is 717. The van der Waals surface area contributed by atoms with E-state index in [1.165, 1.54) is 11.4 Å². The molecule has 0 aromatic heterocycles. The molecule has 1 aromatic carbocycles. The first-order valence-corrected chi connectivity index (χ1v) is 9.74. The second-order valence-corrected chi connectivity index (χ2v) is 8.39. The minimum absolute atomic E-state index is 0.143. The van der Waals surface area contributed by atoms with Gasteiger partial charge in [0.1, 0.15) is 6.04 Å². The number of aliphatic carboxylic acids is 1. The average Bonchev–Trinajstić information content (AvgIpc) is 2.96. The van der Waals surface area contributed by atoms with Gasteiger partial charge < -0.3 is 9.84 Å². The molecule has 1 aliphatic heterocycles. The number of fused-ring (bicyclic) bond motifs is 1. The minimum Gasteiger partial charge on any atom is -0.480 e. The summed E-state index contributed by atoms with van der Waals surface area (Å²) in [5.74, 6) is -0.915. The third kappa shape index (κ3) is 2.96. The van der Waals surface area contributed by atoms with Gasteiger partial charge in [0.25, 0.3) is 0 Å². The third-order valence-electron chi connectivity index (χ3n) is 5.14. The zero-order valence-corrected chi connectivity index (χ0v) is 14.5. The maximum absolute atomic E-state index is 13.3. The van der Waals surface area contributed by atoms with Crippen LogP contribution >= 0.6 is 0 Å². The van der Waals surface area contributed by atoms with Crippen molar-refractivity contribution < 1.29 is 23.1 Å². The van der Waals surface area contributed by atoms with Crippen molar-refractivity contribution in [2.45, 2.75) is 55.7 Å². The van der Waals surface area contributed by atoms with Crippen LogP contribution in [0.3, 0.4) is 0 Å². The van der Waals surface area contributed by atoms with Crippen molar-refractivity contribution in [3.8, 4) is 0 Å². The number of carbonyl (C=O) groups is 1. The first-order valence-electron chi connectivity index (χ1n) is 8.30. The molecule has 1 aromatic rings. The Balaban J connectivity index is 2.05. The van der Waals surface area contributed by atoms with Crippen LogP contribution in [0.4, 0.5) is 0 Å². The smallest absolute Gasteiger partial charge is 0.322 e. The lowest BCUT2D eigenvalue weighted by molar-refractivity contribution is -0.141. The van der Waals surface area contributed by atoms with Crippen molar-refractivity contribution in [2.24, 2.45) is 5.92 Å². The molecule has 0 spiro atoms. The van der Waals surface area contributed by atoms with Gasteiger partial charge in [-0.1, -0.05) is 31.0 Å². The molecule has 0 bridgehead atoms. The van der Waals surface area contributed by atoms with Crippen molar-refractivity contribution in [1.82, 2.24) is 4.31 Å². The van der Waals surface area contributed by atoms with Crippen LogP contribution in [0.2, 0.25) is 0 Å². The van der Waals surface area contributed by atoms with E-state index in [4.69, 9.17) is 4.74 Å². The maximum atomic E-state index is 13.3. The van der Waals surface area contributed by atoms with Gasteiger partial charge in [0.15, 0.2) is 0 Å². The van der Waals surface area contributed by atoms with Crippen molar-refractivity contribution in [2.75, 3.05) is 7.11 Å². The number of nitrogens with zero attached hydrogens (tertiary/aromatic N) is 1. The van der Waals surface area contributed by atoms with Crippen molar-refractivity contribution >= 4 is 16.0 Å². The molecule has 1 saturated carbocycles. The van der Waals surface area contributed by atoms with E-state index in [-0.39, 0.29) is 23.5 Å². The van der Waals surface area contributed by atoms with E-state index in [1.54, 1.807) is 24.3 Å². The van der Waals surface area contributed by atoms with Gasteiger partial charge in [0.05, 0.1) is 11.5 Å². The molecule has 2 fully saturated rings. The molecule has 1 aliphatic carbocycles. The van der Waals surface area contributed by atoms with E-state index >= 15 is 0 Å². The maximum Gasteiger partial charge on any atom is 0.322 e. The Morgan fingerprint density at radius 3 is 2.71 bits per heavy atom. The van der Waals surface area contributed by atoms with Crippen LogP contribution in [0.1, 0.15) is 37.7 Å². The van der Waals surface area contributed by atoms with Crippen molar-refractivity contribution in [3.05, 3.63) is 29.8 Å². The monoisotopic (exact) mass is 353 g/mol. The summed E-state index contributed by atoms with van der Waals surface area (Å²) < 4.78 is 33.0. The highest BCUT2D eigenvalue weighted by Crippen LogP contribution is 2.43. The first kappa shape index (κ1) is 17.4. The number of carboxylic acids is 1. The molecular weight excluding hydrogens is 330 g/mol. The van der Waals surface area contributed by atoms with Crippen LogP contribution in [-0.4, -0.2) is 43.0 Å². The van der Waals surface area contributed by atoms with Crippen LogP contribution in [0.25, 0.3) is 0 Å². The number of rotatable bonds is 5. The molecule has 132 valence electrons. The summed E-state index contributed by atoms with van der Waals surface area (Å²) in [6.45, 7) is 0.176. The van der Waals surface area contributed by atoms with Gasteiger partial charge in [-0.2, -0.15) is 4.31 Å². The SMILES string of the molecule is COCc1ccccc1S(=O)(=O)N1C(C(=O)O)CC2CCCCC21. The molecule has 3 rings (SSSR count). The van der Waals surface area contributed by atoms with Gasteiger partial charge in [0, 0.05) is 13.2 Å². The molecule has 1 saturated heterocycles. The summed E-state index contributed by atoms with van der Waals surface area (Å²) >= 11 is 0. The zero-order valence-electron chi connectivity index (χ0n) is 13.7. The normalized spacial score (nSPS) is 27.8. The molecule has 3 atom stereocenters. The number of hydrogen-bond acceptors (Lipinski definition) is 4. The Kier molecular flexibility index (Phi) is 4.94. The molecule has 24 heavy (non-hydrogen) atoms. The lowest BCUT2D eigenvalue weighted by Crippen LogP contribution is -2.46. The standard InChI is InChI=1S/C17H23NO5S/c1-23-11-13-7-3-5-9-16(13)24(21,22)18-14-8-4-2-6-12(14)10-15(18)17(19)20/h3,5,7,9,12,14-15H,2,4,6,8,10-11H2,1H3,(H,19,20). The average molecular weight is 353 g/mol. The summed E-state index contributed by atoms with van der Waals surface area (Å²) in [6.07, 6.45) is 4.03. The molecular formula is C17H23NO5S. The van der Waals surface area contributed by atoms with E-state index in [0.29, 0.717) is 12.0 Å². The highest BCUT2D eigenvalue weighted by atomic mass is 32.2. The van der Waals surface area contributed by atoms with E-state index in [2.05, 4.69) is 0 Å². The summed E-state index contributed by atoms with van der Waals surface area (Å²) in [4.78, 5) is 11.9. The van der Waals surface area contributed by atoms with Gasteiger partial charge in [-0.3, -0.25) is 4.79 Å². The first-order chi connectivity index (χ1) is 11.5. The minimum atomic E-state index is -3.88. The molecule has 7 heteroatoms. The molecule has 2 aliphatic rings. The van der Waals surface area contributed by atoms with Gasteiger partial charge >= 0.3 is 5.97 Å². The lowest BCUT2D eigenvalue weighted by Gasteiger charge is -2.32. The number of benzene rings is 1. The van der Waals surface area contributed by atoms with Gasteiger partial charge in [-0.15, -0.1) is 0 Å². The van der Waals surface area contributed by atoms with Gasteiger partial charge in [-0.05, 0) is 36.8 Å². The summed E-state index contributed by atoms with van der Waals surface area (Å²) in [5.41, 5.74) is 0.559. The Hall–Kier alpha value is -1.44. The highest BCUT2D eigenvalue weighted by molar-refractivity contribution is 7.89. The molecule has 3 unspecified atom stereocenters. The fraction of sp³-hybridized carbons (Fsp3) is 0.588. The van der Waals surface area contributed by atoms with E-state index in [0.717, 1.165) is 25.7 Å². The summed E-state index contributed by atoms with van der Waals surface area (Å²) in [7, 11) is -2.37. The Labute approximate surface area is 142 Å². The van der Waals surface area contributed by atoms with Crippen LogP contribution < -0.4 is 0 Å². The molecule has 1 heterocycles. The number of carboxylic acid groups (broad SMARTS) is 1. The van der Waals surface area contributed by atoms with Crippen LogP contribution in [0.5, 0.6) is 0 Å². The van der Waals surface area contributed by atoms with Gasteiger partial charge in [-0.25, -0.2) is 8.42 Å². The predicted octanol–water partition coefficient (Wildman–Crippen LogP) is 2.24. The number of sulfonamides is 1. The topological polar surface area (TPSA) is 83.9 Å². The number of methoxy groups -OCH3 is 1. The van der Waals surface area contributed by atoms with Crippen LogP contribution in [0.15, 0.2) is 29.2 Å². The predicted molar refractivity (Wildman–Crippen MR) is 88.0 cm³/mol. The second-order valence-electron chi connectivity index (χ2n) is 6.58.